The summed E-state index contributed by atoms with van der Waals surface area (Å²) in [6.45, 7) is 0.438. The summed E-state index contributed by atoms with van der Waals surface area (Å²) >= 11 is 0. The van der Waals surface area contributed by atoms with Gasteiger partial charge >= 0.3 is 6.03 Å². The van der Waals surface area contributed by atoms with Crippen LogP contribution in [0, 0.1) is 0 Å². The third-order valence-corrected chi connectivity index (χ3v) is 4.32. The number of ether oxygens (including phenoxy) is 1. The van der Waals surface area contributed by atoms with Crippen molar-refractivity contribution in [1.82, 2.24) is 5.32 Å². The van der Waals surface area contributed by atoms with Gasteiger partial charge in [0, 0.05) is 18.7 Å². The molecule has 1 aliphatic carbocycles. The third kappa shape index (κ3) is 3.86. The first-order valence-electron chi connectivity index (χ1n) is 8.12. The standard InChI is InChI=1S/C19H22N2O3/c1-24-16-9-5-13(6-10-16)12-20-19(23)21-18-4-2-3-14-7-8-15(22)11-17(14)18/h2-6,9-10,15,22H,7-8,11-12H2,1H3,(H2,20,21,23). The second-order valence-electron chi connectivity index (χ2n) is 6.00. The van der Waals surface area contributed by atoms with Crippen molar-refractivity contribution >= 4 is 11.7 Å². The SMILES string of the molecule is COc1ccc(CNC(=O)Nc2cccc3c2CC(O)CC3)cc1. The number of benzene rings is 2. The maximum absolute atomic E-state index is 12.2. The van der Waals surface area contributed by atoms with Gasteiger partial charge in [-0.25, -0.2) is 4.79 Å². The zero-order chi connectivity index (χ0) is 16.9. The van der Waals surface area contributed by atoms with Crippen molar-refractivity contribution in [2.24, 2.45) is 0 Å². The molecule has 3 rings (SSSR count). The molecule has 0 heterocycles. The summed E-state index contributed by atoms with van der Waals surface area (Å²) in [7, 11) is 1.62. The molecule has 0 radical (unpaired) electrons. The van der Waals surface area contributed by atoms with Crippen LogP contribution >= 0.6 is 0 Å². The Balaban J connectivity index is 1.61. The van der Waals surface area contributed by atoms with E-state index in [0.29, 0.717) is 13.0 Å². The van der Waals surface area contributed by atoms with Crippen LogP contribution in [0.15, 0.2) is 42.5 Å². The average Bonchev–Trinajstić information content (AvgIpc) is 2.61. The number of nitrogens with one attached hydrogen (secondary N) is 2. The van der Waals surface area contributed by atoms with E-state index in [1.54, 1.807) is 7.11 Å². The molecule has 0 spiro atoms. The molecule has 2 aromatic carbocycles. The van der Waals surface area contributed by atoms with Gasteiger partial charge in [-0.2, -0.15) is 0 Å². The number of rotatable bonds is 4. The molecule has 24 heavy (non-hydrogen) atoms. The maximum atomic E-state index is 12.2. The number of fused-ring (bicyclic) bond motifs is 1. The number of hydrogen-bond donors (Lipinski definition) is 3. The lowest BCUT2D eigenvalue weighted by molar-refractivity contribution is 0.159. The van der Waals surface area contributed by atoms with Crippen molar-refractivity contribution in [3.05, 3.63) is 59.2 Å². The van der Waals surface area contributed by atoms with Crippen LogP contribution in [-0.4, -0.2) is 24.4 Å². The highest BCUT2D eigenvalue weighted by Gasteiger charge is 2.19. The van der Waals surface area contributed by atoms with Crippen LogP contribution in [0.25, 0.3) is 0 Å². The van der Waals surface area contributed by atoms with Crippen molar-refractivity contribution in [3.63, 3.8) is 0 Å². The number of methoxy groups -OCH3 is 1. The minimum Gasteiger partial charge on any atom is -0.497 e. The van der Waals surface area contributed by atoms with Crippen LogP contribution in [-0.2, 0) is 19.4 Å². The van der Waals surface area contributed by atoms with Crippen LogP contribution in [0.3, 0.4) is 0 Å². The molecule has 0 fully saturated rings. The lowest BCUT2D eigenvalue weighted by atomic mass is 9.88. The van der Waals surface area contributed by atoms with E-state index in [1.165, 1.54) is 5.56 Å². The van der Waals surface area contributed by atoms with Gasteiger partial charge in [-0.1, -0.05) is 24.3 Å². The van der Waals surface area contributed by atoms with Gasteiger partial charge in [0.2, 0.25) is 0 Å². The van der Waals surface area contributed by atoms with Crippen LogP contribution < -0.4 is 15.4 Å². The lowest BCUT2D eigenvalue weighted by Gasteiger charge is -2.23. The van der Waals surface area contributed by atoms with E-state index in [4.69, 9.17) is 4.74 Å². The van der Waals surface area contributed by atoms with Gasteiger partial charge in [-0.05, 0) is 47.7 Å². The molecule has 2 aromatic rings. The molecule has 5 heteroatoms. The van der Waals surface area contributed by atoms with E-state index in [-0.39, 0.29) is 12.1 Å². The van der Waals surface area contributed by atoms with Crippen LogP contribution in [0.1, 0.15) is 23.1 Å². The fourth-order valence-corrected chi connectivity index (χ4v) is 2.98. The molecule has 126 valence electrons. The number of amides is 2. The van der Waals surface area contributed by atoms with Crippen molar-refractivity contribution in [2.75, 3.05) is 12.4 Å². The molecule has 1 aliphatic rings. The summed E-state index contributed by atoms with van der Waals surface area (Å²) in [6.07, 6.45) is 1.88. The molecule has 0 aliphatic heterocycles. The van der Waals surface area contributed by atoms with Crippen molar-refractivity contribution < 1.29 is 14.6 Å². The highest BCUT2D eigenvalue weighted by atomic mass is 16.5. The Morgan fingerprint density at radius 2 is 2.04 bits per heavy atom. The number of carbonyl (C=O) groups is 1. The molecule has 3 N–H and O–H groups in total. The van der Waals surface area contributed by atoms with Gasteiger partial charge < -0.3 is 20.5 Å². The summed E-state index contributed by atoms with van der Waals surface area (Å²) in [6, 6.07) is 13.2. The van der Waals surface area contributed by atoms with Crippen LogP contribution in [0.2, 0.25) is 0 Å². The second-order valence-corrected chi connectivity index (χ2v) is 6.00. The molecular weight excluding hydrogens is 304 g/mol. The van der Waals surface area contributed by atoms with Crippen molar-refractivity contribution in [1.29, 1.82) is 0 Å². The van der Waals surface area contributed by atoms with Crippen LogP contribution in [0.4, 0.5) is 10.5 Å². The molecular formula is C19H22N2O3. The zero-order valence-electron chi connectivity index (χ0n) is 13.7. The number of hydrogen-bond acceptors (Lipinski definition) is 3. The number of carbonyl (C=O) groups excluding carboxylic acids is 1. The first-order valence-corrected chi connectivity index (χ1v) is 8.12. The quantitative estimate of drug-likeness (QED) is 0.809. The van der Waals surface area contributed by atoms with E-state index >= 15 is 0 Å². The number of aryl methyl sites for hydroxylation is 1. The first kappa shape index (κ1) is 16.3. The fourth-order valence-electron chi connectivity index (χ4n) is 2.98. The van der Waals surface area contributed by atoms with Gasteiger partial charge in [0.25, 0.3) is 0 Å². The normalized spacial score (nSPS) is 16.2. The third-order valence-electron chi connectivity index (χ3n) is 4.32. The summed E-state index contributed by atoms with van der Waals surface area (Å²) in [5.41, 5.74) is 4.01. The molecule has 0 saturated heterocycles. The molecule has 1 unspecified atom stereocenters. The topological polar surface area (TPSA) is 70.6 Å². The highest BCUT2D eigenvalue weighted by Crippen LogP contribution is 2.28. The Labute approximate surface area is 141 Å². The van der Waals surface area contributed by atoms with Gasteiger partial charge in [0.1, 0.15) is 5.75 Å². The zero-order valence-corrected chi connectivity index (χ0v) is 13.7. The Bertz CT molecular complexity index is 713. The van der Waals surface area contributed by atoms with Crippen molar-refractivity contribution in [3.8, 4) is 5.75 Å². The van der Waals surface area contributed by atoms with Gasteiger partial charge in [0.15, 0.2) is 0 Å². The number of urea groups is 1. The molecule has 2 amide bonds. The molecule has 1 atom stereocenters. The number of anilines is 1. The Morgan fingerprint density at radius 1 is 1.25 bits per heavy atom. The van der Waals surface area contributed by atoms with Crippen molar-refractivity contribution in [2.45, 2.75) is 31.9 Å². The predicted molar refractivity (Wildman–Crippen MR) is 93.3 cm³/mol. The molecule has 0 aromatic heterocycles. The van der Waals surface area contributed by atoms with E-state index in [9.17, 15) is 9.90 Å². The Hall–Kier alpha value is -2.53. The fraction of sp³-hybridized carbons (Fsp3) is 0.316. The van der Waals surface area contributed by atoms with Gasteiger partial charge in [0.05, 0.1) is 13.2 Å². The summed E-state index contributed by atoms with van der Waals surface area (Å²) in [4.78, 5) is 12.2. The minimum absolute atomic E-state index is 0.251. The molecule has 5 nitrogen and oxygen atoms in total. The first-order chi connectivity index (χ1) is 11.7. The second kappa shape index (κ2) is 7.36. The predicted octanol–water partition coefficient (Wildman–Crippen LogP) is 2.87. The Kier molecular flexibility index (Phi) is 5.01. The number of aliphatic hydroxyl groups excluding tert-OH is 1. The van der Waals surface area contributed by atoms with E-state index in [0.717, 1.165) is 35.4 Å². The lowest BCUT2D eigenvalue weighted by Crippen LogP contribution is -2.29. The van der Waals surface area contributed by atoms with E-state index in [2.05, 4.69) is 16.7 Å². The highest BCUT2D eigenvalue weighted by molar-refractivity contribution is 5.90. The molecule has 0 bridgehead atoms. The monoisotopic (exact) mass is 326 g/mol. The number of aliphatic hydroxyl groups is 1. The van der Waals surface area contributed by atoms with Gasteiger partial charge in [-0.15, -0.1) is 0 Å². The largest absolute Gasteiger partial charge is 0.497 e. The van der Waals surface area contributed by atoms with Crippen LogP contribution in [0.5, 0.6) is 5.75 Å². The summed E-state index contributed by atoms with van der Waals surface area (Å²) in [5, 5.41) is 15.6. The summed E-state index contributed by atoms with van der Waals surface area (Å²) in [5.74, 6) is 0.790. The summed E-state index contributed by atoms with van der Waals surface area (Å²) < 4.78 is 5.12. The smallest absolute Gasteiger partial charge is 0.319 e. The minimum atomic E-state index is -0.331. The Morgan fingerprint density at radius 3 is 2.79 bits per heavy atom. The van der Waals surface area contributed by atoms with E-state index in [1.807, 2.05) is 36.4 Å². The van der Waals surface area contributed by atoms with E-state index < -0.39 is 0 Å². The molecule has 0 saturated carbocycles. The average molecular weight is 326 g/mol. The van der Waals surface area contributed by atoms with Gasteiger partial charge in [-0.3, -0.25) is 0 Å². The maximum Gasteiger partial charge on any atom is 0.319 e.